The van der Waals surface area contributed by atoms with Crippen LogP contribution in [0.3, 0.4) is 0 Å². The number of carbonyl (C=O) groups is 1. The monoisotopic (exact) mass is 463 g/mol. The molecule has 0 fully saturated rings. The summed E-state index contributed by atoms with van der Waals surface area (Å²) in [7, 11) is -2.45. The van der Waals surface area contributed by atoms with Crippen LogP contribution in [0.5, 0.6) is 0 Å². The molecule has 0 saturated heterocycles. The van der Waals surface area contributed by atoms with E-state index in [0.29, 0.717) is 24.4 Å². The predicted octanol–water partition coefficient (Wildman–Crippen LogP) is 0.720. The first-order chi connectivity index (χ1) is 15.3. The fourth-order valence-electron chi connectivity index (χ4n) is 3.58. The maximum Gasteiger partial charge on any atom is 0.302 e. The van der Waals surface area contributed by atoms with E-state index in [-0.39, 0.29) is 23.7 Å². The molecule has 0 radical (unpaired) electrons. The second-order valence-electron chi connectivity index (χ2n) is 7.34. The van der Waals surface area contributed by atoms with Crippen molar-refractivity contribution in [2.24, 2.45) is 0 Å². The molecule has 0 bridgehead atoms. The summed E-state index contributed by atoms with van der Waals surface area (Å²) >= 11 is 0. The first kappa shape index (κ1) is 22.1. The number of benzene rings is 1. The number of rotatable bonds is 8. The normalized spacial score (nSPS) is 14.5. The molecular formula is C20H22FN5O5S. The maximum absolute atomic E-state index is 14.1. The highest BCUT2D eigenvalue weighted by molar-refractivity contribution is 7.89. The van der Waals surface area contributed by atoms with Gasteiger partial charge in [0.1, 0.15) is 5.82 Å². The predicted molar refractivity (Wildman–Crippen MR) is 109 cm³/mol. The molecule has 2 aromatic heterocycles. The lowest BCUT2D eigenvalue weighted by atomic mass is 9.98. The Labute approximate surface area is 183 Å². The minimum Gasteiger partial charge on any atom is -0.395 e. The van der Waals surface area contributed by atoms with Crippen molar-refractivity contribution < 1.29 is 27.4 Å². The zero-order chi connectivity index (χ0) is 22.9. The Morgan fingerprint density at radius 1 is 1.25 bits per heavy atom. The molecule has 12 heteroatoms. The van der Waals surface area contributed by atoms with E-state index in [0.717, 1.165) is 4.09 Å². The summed E-state index contributed by atoms with van der Waals surface area (Å²) in [6.07, 6.45) is 2.89. The minimum atomic E-state index is -3.99. The zero-order valence-electron chi connectivity index (χ0n) is 17.3. The van der Waals surface area contributed by atoms with Crippen LogP contribution in [-0.4, -0.2) is 63.6 Å². The van der Waals surface area contributed by atoms with Gasteiger partial charge in [-0.05, 0) is 12.1 Å². The highest BCUT2D eigenvalue weighted by atomic mass is 32.2. The number of ether oxygens (including phenoxy) is 1. The quantitative estimate of drug-likeness (QED) is 0.523. The van der Waals surface area contributed by atoms with Crippen LogP contribution in [0.4, 0.5) is 4.39 Å². The van der Waals surface area contributed by atoms with Gasteiger partial charge in [-0.15, -0.1) is 0 Å². The Bertz CT molecular complexity index is 1220. The molecule has 3 aromatic rings. The molecule has 0 spiro atoms. The molecule has 1 atom stereocenters. The summed E-state index contributed by atoms with van der Waals surface area (Å²) < 4.78 is 47.1. The van der Waals surface area contributed by atoms with Gasteiger partial charge in [-0.3, -0.25) is 9.48 Å². The van der Waals surface area contributed by atoms with E-state index in [1.54, 1.807) is 19.4 Å². The Kier molecular flexibility index (Phi) is 6.09. The molecule has 0 saturated carbocycles. The average Bonchev–Trinajstić information content (AvgIpc) is 3.49. The maximum atomic E-state index is 14.1. The molecule has 10 nitrogen and oxygen atoms in total. The third-order valence-corrected chi connectivity index (χ3v) is 6.71. The van der Waals surface area contributed by atoms with Gasteiger partial charge in [-0.25, -0.2) is 4.39 Å². The first-order valence-corrected chi connectivity index (χ1v) is 11.3. The molecule has 1 amide bonds. The van der Waals surface area contributed by atoms with Crippen LogP contribution in [0.25, 0.3) is 0 Å². The van der Waals surface area contributed by atoms with Crippen molar-refractivity contribution in [2.45, 2.75) is 30.6 Å². The third kappa shape index (κ3) is 4.04. The Morgan fingerprint density at radius 2 is 2.03 bits per heavy atom. The number of amides is 1. The molecule has 1 aliphatic rings. The number of hydrogen-bond donors (Lipinski definition) is 1. The van der Waals surface area contributed by atoms with E-state index in [1.165, 1.54) is 40.0 Å². The highest BCUT2D eigenvalue weighted by Crippen LogP contribution is 2.28. The van der Waals surface area contributed by atoms with Crippen molar-refractivity contribution >= 4 is 15.9 Å². The van der Waals surface area contributed by atoms with Gasteiger partial charge in [0.15, 0.2) is 5.03 Å². The molecule has 3 heterocycles. The summed E-state index contributed by atoms with van der Waals surface area (Å²) in [4.78, 5) is 14.3. The summed E-state index contributed by atoms with van der Waals surface area (Å²) in [5.41, 5.74) is 1.10. The van der Waals surface area contributed by atoms with E-state index in [1.807, 2.05) is 0 Å². The number of methoxy groups -OCH3 is 1. The van der Waals surface area contributed by atoms with Crippen molar-refractivity contribution in [2.75, 3.05) is 20.3 Å². The van der Waals surface area contributed by atoms with Gasteiger partial charge in [0.2, 0.25) is 5.91 Å². The average molecular weight is 463 g/mol. The molecule has 170 valence electrons. The number of aromatic nitrogens is 4. The fraction of sp³-hybridized carbons (Fsp3) is 0.350. The van der Waals surface area contributed by atoms with Gasteiger partial charge in [-0.2, -0.15) is 22.7 Å². The standard InChI is InChI=1S/C20H22FN5O5S/c1-31-9-8-25-7-6-19(23-25)32(29,30)26-11-14-10-24(12-18(14)22-26)20(28)16(13-27)15-4-2-3-5-17(15)21/h2-7,11,16,27H,8-10,12-13H2,1H3/t16-/m0/s1. The van der Waals surface area contributed by atoms with Crippen LogP contribution in [0.2, 0.25) is 0 Å². The number of aliphatic hydroxyl groups is 1. The van der Waals surface area contributed by atoms with E-state index in [9.17, 15) is 22.7 Å². The van der Waals surface area contributed by atoms with Crippen LogP contribution in [-0.2, 0) is 39.2 Å². The SMILES string of the molecule is COCCn1ccc(S(=O)(=O)n2cc3c(n2)CN(C(=O)[C@@H](CO)c2ccccc2F)C3)n1. The Hall–Kier alpha value is -3.09. The summed E-state index contributed by atoms with van der Waals surface area (Å²) in [5, 5.41) is 17.8. The summed E-state index contributed by atoms with van der Waals surface area (Å²) in [5.74, 6) is -2.08. The number of aliphatic hydroxyl groups excluding tert-OH is 1. The fourth-order valence-corrected chi connectivity index (χ4v) is 4.68. The Balaban J connectivity index is 1.50. The van der Waals surface area contributed by atoms with Crippen molar-refractivity contribution in [3.05, 3.63) is 65.4 Å². The lowest BCUT2D eigenvalue weighted by Crippen LogP contribution is -2.33. The number of nitrogens with zero attached hydrogens (tertiary/aromatic N) is 5. The number of fused-ring (bicyclic) bond motifs is 1. The third-order valence-electron chi connectivity index (χ3n) is 5.28. The van der Waals surface area contributed by atoms with E-state index < -0.39 is 34.3 Å². The second kappa shape index (κ2) is 8.81. The van der Waals surface area contributed by atoms with Crippen molar-refractivity contribution in [1.29, 1.82) is 0 Å². The highest BCUT2D eigenvalue weighted by Gasteiger charge is 2.34. The van der Waals surface area contributed by atoms with E-state index in [4.69, 9.17) is 4.74 Å². The molecule has 4 rings (SSSR count). The van der Waals surface area contributed by atoms with Crippen LogP contribution in [0.15, 0.2) is 47.8 Å². The minimum absolute atomic E-state index is 0.0594. The van der Waals surface area contributed by atoms with Gasteiger partial charge in [0.05, 0.1) is 37.9 Å². The number of hydrogen-bond acceptors (Lipinski definition) is 7. The molecular weight excluding hydrogens is 441 g/mol. The van der Waals surface area contributed by atoms with Crippen LogP contribution < -0.4 is 0 Å². The molecule has 0 unspecified atom stereocenters. The first-order valence-electron chi connectivity index (χ1n) is 9.84. The zero-order valence-corrected chi connectivity index (χ0v) is 18.1. The van der Waals surface area contributed by atoms with Crippen LogP contribution >= 0.6 is 0 Å². The molecule has 1 aliphatic heterocycles. The van der Waals surface area contributed by atoms with Gasteiger partial charge >= 0.3 is 10.0 Å². The van der Waals surface area contributed by atoms with Gasteiger partial charge in [0, 0.05) is 37.2 Å². The molecule has 0 aliphatic carbocycles. The topological polar surface area (TPSA) is 120 Å². The van der Waals surface area contributed by atoms with Gasteiger partial charge in [-0.1, -0.05) is 18.2 Å². The smallest absolute Gasteiger partial charge is 0.302 e. The van der Waals surface area contributed by atoms with Crippen LogP contribution in [0, 0.1) is 5.82 Å². The van der Waals surface area contributed by atoms with Gasteiger partial charge in [0.25, 0.3) is 0 Å². The van der Waals surface area contributed by atoms with Crippen LogP contribution in [0.1, 0.15) is 22.7 Å². The van der Waals surface area contributed by atoms with Crippen molar-refractivity contribution in [3.63, 3.8) is 0 Å². The van der Waals surface area contributed by atoms with Gasteiger partial charge < -0.3 is 14.7 Å². The van der Waals surface area contributed by atoms with E-state index in [2.05, 4.69) is 10.2 Å². The van der Waals surface area contributed by atoms with Crippen molar-refractivity contribution in [3.8, 4) is 0 Å². The molecule has 32 heavy (non-hydrogen) atoms. The lowest BCUT2D eigenvalue weighted by Gasteiger charge is -2.22. The molecule has 1 aromatic carbocycles. The largest absolute Gasteiger partial charge is 0.395 e. The lowest BCUT2D eigenvalue weighted by molar-refractivity contribution is -0.134. The number of halogens is 1. The Morgan fingerprint density at radius 3 is 2.72 bits per heavy atom. The summed E-state index contributed by atoms with van der Waals surface area (Å²) in [6.45, 7) is 0.421. The number of carbonyl (C=O) groups excluding carboxylic acids is 1. The second-order valence-corrected chi connectivity index (χ2v) is 9.08. The van der Waals surface area contributed by atoms with E-state index >= 15 is 0 Å². The van der Waals surface area contributed by atoms with Crippen molar-refractivity contribution in [1.82, 2.24) is 23.9 Å². The molecule has 1 N–H and O–H groups in total. The summed E-state index contributed by atoms with van der Waals surface area (Å²) in [6, 6.07) is 7.18.